The van der Waals surface area contributed by atoms with Crippen molar-refractivity contribution in [2.24, 2.45) is 40.2 Å². The van der Waals surface area contributed by atoms with E-state index in [1.165, 1.54) is 17.2 Å². The van der Waals surface area contributed by atoms with E-state index in [-0.39, 0.29) is 35.4 Å². The minimum Gasteiger partial charge on any atom is -0.363 e. The van der Waals surface area contributed by atoms with Crippen molar-refractivity contribution in [3.8, 4) is 0 Å². The number of ketones is 3. The monoisotopic (exact) mass is 638 g/mol. The molecule has 4 rings (SSSR count). The number of nitrogens with two attached hydrogens (primary N) is 1. The topological polar surface area (TPSA) is 198 Å². The van der Waals surface area contributed by atoms with Crippen molar-refractivity contribution in [1.29, 1.82) is 0 Å². The van der Waals surface area contributed by atoms with Crippen LogP contribution in [0.15, 0.2) is 24.4 Å². The van der Waals surface area contributed by atoms with Gasteiger partial charge in [-0.05, 0) is 53.1 Å². The molecule has 5 amide bonds. The Morgan fingerprint density at radius 1 is 1.00 bits per heavy atom. The average Bonchev–Trinajstić information content (AvgIpc) is 3.84. The number of urea groups is 1. The summed E-state index contributed by atoms with van der Waals surface area (Å²) in [5, 5.41) is 8.00. The van der Waals surface area contributed by atoms with Gasteiger partial charge in [0.15, 0.2) is 0 Å². The van der Waals surface area contributed by atoms with E-state index in [1.54, 1.807) is 46.8 Å². The molecule has 13 heteroatoms. The summed E-state index contributed by atoms with van der Waals surface area (Å²) in [4.78, 5) is 97.0. The van der Waals surface area contributed by atoms with Crippen LogP contribution in [-0.2, 0) is 24.0 Å². The van der Waals surface area contributed by atoms with Crippen LogP contribution < -0.4 is 21.7 Å². The van der Waals surface area contributed by atoms with Gasteiger partial charge < -0.3 is 26.6 Å². The van der Waals surface area contributed by atoms with E-state index < -0.39 is 76.6 Å². The lowest BCUT2D eigenvalue weighted by atomic mass is 9.85. The van der Waals surface area contributed by atoms with Crippen molar-refractivity contribution in [1.82, 2.24) is 25.8 Å². The number of hydrogen-bond acceptors (Lipinski definition) is 8. The number of aromatic nitrogens is 1. The summed E-state index contributed by atoms with van der Waals surface area (Å²) in [7, 11) is 0. The number of amides is 5. The Labute approximate surface area is 269 Å². The number of Topliss-reactive ketones (excluding diaryl/α,β-unsaturated/α-hetero) is 3. The average molecular weight is 639 g/mol. The predicted molar refractivity (Wildman–Crippen MR) is 167 cm³/mol. The molecule has 3 fully saturated rings. The predicted octanol–water partition coefficient (Wildman–Crippen LogP) is 1.39. The number of nitrogens with one attached hydrogen (secondary N) is 3. The number of piperidine rings is 1. The van der Waals surface area contributed by atoms with Crippen LogP contribution in [0, 0.1) is 34.5 Å². The maximum atomic E-state index is 14.2. The van der Waals surface area contributed by atoms with E-state index in [2.05, 4.69) is 20.9 Å². The lowest BCUT2D eigenvalue weighted by Gasteiger charge is -2.38. The summed E-state index contributed by atoms with van der Waals surface area (Å²) >= 11 is 0. The molecule has 13 nitrogen and oxygen atoms in total. The number of carbonyl (C=O) groups is 7. The first kappa shape index (κ1) is 34.7. The quantitative estimate of drug-likeness (QED) is 0.184. The van der Waals surface area contributed by atoms with Gasteiger partial charge in [-0.3, -0.25) is 33.8 Å². The Morgan fingerprint density at radius 2 is 1.65 bits per heavy atom. The summed E-state index contributed by atoms with van der Waals surface area (Å²) < 4.78 is 0. The Kier molecular flexibility index (Phi) is 9.75. The van der Waals surface area contributed by atoms with E-state index in [0.717, 1.165) is 12.8 Å². The molecular formula is C33H46N6O7. The molecule has 2 saturated carbocycles. The molecule has 250 valence electrons. The van der Waals surface area contributed by atoms with Gasteiger partial charge in [0.25, 0.3) is 5.91 Å². The van der Waals surface area contributed by atoms with Crippen LogP contribution in [0.4, 0.5) is 4.79 Å². The first-order valence-corrected chi connectivity index (χ1v) is 15.9. The molecule has 0 bridgehead atoms. The van der Waals surface area contributed by atoms with Crippen LogP contribution in [0.25, 0.3) is 0 Å². The van der Waals surface area contributed by atoms with Crippen molar-refractivity contribution in [2.45, 2.75) is 91.9 Å². The third kappa shape index (κ3) is 7.28. The summed E-state index contributed by atoms with van der Waals surface area (Å²) in [6, 6.07) is -0.514. The highest BCUT2D eigenvalue weighted by Crippen LogP contribution is 2.65. The summed E-state index contributed by atoms with van der Waals surface area (Å²) in [5.74, 6) is -5.12. The van der Waals surface area contributed by atoms with Crippen molar-refractivity contribution in [3.05, 3.63) is 30.1 Å². The fraction of sp³-hybridized carbons (Fsp3) is 0.636. The molecule has 6 atom stereocenters. The highest BCUT2D eigenvalue weighted by molar-refractivity contribution is 6.45. The molecule has 1 aromatic heterocycles. The fourth-order valence-electron chi connectivity index (χ4n) is 6.59. The fourth-order valence-corrected chi connectivity index (χ4v) is 6.59. The Morgan fingerprint density at radius 3 is 2.17 bits per heavy atom. The number of hydrogen-bond donors (Lipinski definition) is 4. The molecule has 2 heterocycles. The highest BCUT2D eigenvalue weighted by Gasteiger charge is 2.70. The molecule has 1 unspecified atom stereocenters. The van der Waals surface area contributed by atoms with Gasteiger partial charge in [0.05, 0.1) is 12.1 Å². The molecular weight excluding hydrogens is 592 g/mol. The first-order chi connectivity index (χ1) is 21.4. The second kappa shape index (κ2) is 12.9. The zero-order chi connectivity index (χ0) is 34.3. The smallest absolute Gasteiger partial charge is 0.316 e. The Balaban J connectivity index is 1.52. The Hall–Kier alpha value is -4.16. The second-order valence-corrected chi connectivity index (χ2v) is 14.9. The van der Waals surface area contributed by atoms with Gasteiger partial charge in [0, 0.05) is 12.7 Å². The highest BCUT2D eigenvalue weighted by atomic mass is 16.2. The number of primary amides is 1. The lowest BCUT2D eigenvalue weighted by molar-refractivity contribution is -0.145. The van der Waals surface area contributed by atoms with E-state index in [0.29, 0.717) is 6.42 Å². The van der Waals surface area contributed by atoms with Gasteiger partial charge in [0.1, 0.15) is 17.8 Å². The second-order valence-electron chi connectivity index (χ2n) is 14.9. The zero-order valence-electron chi connectivity index (χ0n) is 27.6. The van der Waals surface area contributed by atoms with Gasteiger partial charge >= 0.3 is 6.03 Å². The van der Waals surface area contributed by atoms with Crippen LogP contribution in [0.5, 0.6) is 0 Å². The molecule has 5 N–H and O–H groups in total. The third-order valence-electron chi connectivity index (χ3n) is 9.65. The number of likely N-dealkylation sites (tertiary alicyclic amines) is 1. The lowest BCUT2D eigenvalue weighted by Crippen LogP contribution is -2.62. The molecule has 46 heavy (non-hydrogen) atoms. The summed E-state index contributed by atoms with van der Waals surface area (Å²) in [6.07, 6.45) is 3.48. The van der Waals surface area contributed by atoms with E-state index in [9.17, 15) is 33.6 Å². The number of rotatable bonds is 13. The number of pyridine rings is 1. The van der Waals surface area contributed by atoms with Gasteiger partial charge in [0.2, 0.25) is 29.2 Å². The number of fused-ring (bicyclic) bond motifs is 1. The first-order valence-electron chi connectivity index (χ1n) is 15.9. The third-order valence-corrected chi connectivity index (χ3v) is 9.65. The summed E-state index contributed by atoms with van der Waals surface area (Å²) in [6.45, 7) is 13.0. The van der Waals surface area contributed by atoms with Crippen LogP contribution in [0.3, 0.4) is 0 Å². The van der Waals surface area contributed by atoms with Crippen molar-refractivity contribution < 1.29 is 33.6 Å². The molecule has 1 aliphatic heterocycles. The van der Waals surface area contributed by atoms with Crippen LogP contribution in [0.2, 0.25) is 0 Å². The minimum absolute atomic E-state index is 0.0240. The van der Waals surface area contributed by atoms with Crippen LogP contribution in [-0.4, -0.2) is 81.7 Å². The Bertz CT molecular complexity index is 1410. The van der Waals surface area contributed by atoms with Crippen LogP contribution >= 0.6 is 0 Å². The van der Waals surface area contributed by atoms with E-state index in [4.69, 9.17) is 5.73 Å². The molecule has 1 aromatic rings. The van der Waals surface area contributed by atoms with Crippen molar-refractivity contribution >= 4 is 41.1 Å². The maximum absolute atomic E-state index is 14.2. The molecule has 0 aromatic carbocycles. The largest absolute Gasteiger partial charge is 0.363 e. The van der Waals surface area contributed by atoms with Crippen molar-refractivity contribution in [2.75, 3.05) is 6.54 Å². The molecule has 0 radical (unpaired) electrons. The van der Waals surface area contributed by atoms with Gasteiger partial charge in [-0.1, -0.05) is 67.4 Å². The van der Waals surface area contributed by atoms with E-state index >= 15 is 0 Å². The van der Waals surface area contributed by atoms with Crippen LogP contribution in [0.1, 0.15) is 78.2 Å². The van der Waals surface area contributed by atoms with Gasteiger partial charge in [-0.25, -0.2) is 4.79 Å². The number of nitrogens with zero attached hydrogens (tertiary/aromatic N) is 2. The van der Waals surface area contributed by atoms with Crippen molar-refractivity contribution in [3.63, 3.8) is 0 Å². The standard InChI is InChI=1S/C33H46N6O7/c1-16(2)22(26(42)24(40)19-10-8-9-13-35-19)37-31(46)38-27(32(3,4)5)30(45)39-15-18-21(33(18,6)7)23(39)29(44)36-20(14-17-11-12-17)25(41)28(34)43/h8-10,13,16-18,20-23,27H,11-12,14-15H2,1-7H3,(H2,34,43)(H,36,44)(H2,37,38,46)/t18-,20?,21-,22-,23-,27+/m0/s1. The SMILES string of the molecule is CC(C)[C@H](NC(=O)N[C@H](C(=O)N1C[C@H]2[C@@H]([C@H]1C(=O)NC(CC1CC1)C(=O)C(N)=O)C2(C)C)C(C)(C)C)C(=O)C(=O)c1ccccn1. The maximum Gasteiger partial charge on any atom is 0.316 e. The normalized spacial score (nSPS) is 23.4. The molecule has 3 aliphatic rings. The number of carbonyl (C=O) groups excluding carboxylic acids is 7. The summed E-state index contributed by atoms with van der Waals surface area (Å²) in [5.41, 5.74) is 4.18. The van der Waals surface area contributed by atoms with Gasteiger partial charge in [-0.15, -0.1) is 0 Å². The molecule has 2 aliphatic carbocycles. The molecule has 0 spiro atoms. The molecule has 1 saturated heterocycles. The van der Waals surface area contributed by atoms with E-state index in [1.807, 2.05) is 13.8 Å². The minimum atomic E-state index is -1.19. The zero-order valence-corrected chi connectivity index (χ0v) is 27.6. The van der Waals surface area contributed by atoms with Gasteiger partial charge in [-0.2, -0.15) is 0 Å².